The molecule has 1 aromatic heterocycles. The number of nitrogens with one attached hydrogen (secondary N) is 1. The number of para-hydroxylation sites is 1. The Bertz CT molecular complexity index is 680. The molecule has 0 aliphatic heterocycles. The van der Waals surface area contributed by atoms with Crippen LogP contribution in [0.1, 0.15) is 18.6 Å². The van der Waals surface area contributed by atoms with E-state index in [1.165, 1.54) is 6.07 Å². The zero-order chi connectivity index (χ0) is 17.4. The Labute approximate surface area is 163 Å². The van der Waals surface area contributed by atoms with Crippen molar-refractivity contribution in [3.63, 3.8) is 0 Å². The van der Waals surface area contributed by atoms with E-state index in [4.69, 9.17) is 9.26 Å². The van der Waals surface area contributed by atoms with Gasteiger partial charge in [-0.2, -0.15) is 4.98 Å². The van der Waals surface area contributed by atoms with E-state index in [9.17, 15) is 4.39 Å². The van der Waals surface area contributed by atoms with Crippen LogP contribution in [0, 0.1) is 12.7 Å². The Morgan fingerprint density at radius 2 is 2.16 bits per heavy atom. The highest BCUT2D eigenvalue weighted by molar-refractivity contribution is 14.0. The van der Waals surface area contributed by atoms with Gasteiger partial charge >= 0.3 is 0 Å². The minimum absolute atomic E-state index is 0. The molecular weight excluding hydrogens is 440 g/mol. The normalized spacial score (nSPS) is 11.0. The molecule has 0 bridgehead atoms. The van der Waals surface area contributed by atoms with E-state index in [0.717, 1.165) is 6.54 Å². The highest BCUT2D eigenvalue weighted by atomic mass is 127. The zero-order valence-corrected chi connectivity index (χ0v) is 16.9. The molecule has 1 aromatic carbocycles. The summed E-state index contributed by atoms with van der Waals surface area (Å²) in [6, 6.07) is 6.34. The van der Waals surface area contributed by atoms with Gasteiger partial charge in [-0.25, -0.2) is 9.38 Å². The fraction of sp³-hybridized carbons (Fsp3) is 0.438. The zero-order valence-electron chi connectivity index (χ0n) is 14.5. The minimum Gasteiger partial charge on any atom is -0.489 e. The molecule has 138 valence electrons. The van der Waals surface area contributed by atoms with Gasteiger partial charge in [0.25, 0.3) is 0 Å². The third-order valence-corrected chi connectivity index (χ3v) is 3.16. The molecule has 0 aliphatic carbocycles. The Morgan fingerprint density at radius 3 is 2.80 bits per heavy atom. The third-order valence-electron chi connectivity index (χ3n) is 3.16. The number of rotatable bonds is 7. The highest BCUT2D eigenvalue weighted by Gasteiger charge is 2.08. The maximum atomic E-state index is 13.5. The summed E-state index contributed by atoms with van der Waals surface area (Å²) in [5, 5.41) is 6.99. The van der Waals surface area contributed by atoms with E-state index in [0.29, 0.717) is 37.4 Å². The first-order chi connectivity index (χ1) is 11.6. The number of aryl methyl sites for hydroxylation is 1. The molecular formula is C16H23FIN5O2. The lowest BCUT2D eigenvalue weighted by atomic mass is 10.3. The molecule has 0 spiro atoms. The van der Waals surface area contributed by atoms with Crippen molar-refractivity contribution >= 4 is 29.9 Å². The van der Waals surface area contributed by atoms with Crippen LogP contribution in [0.5, 0.6) is 5.75 Å². The second kappa shape index (κ2) is 10.9. The number of likely N-dealkylation sites (N-methyl/N-ethyl adjacent to an activating group) is 1. The summed E-state index contributed by atoms with van der Waals surface area (Å²) in [7, 11) is 1.88. The standard InChI is InChI=1S/C16H22FN5O2.HI/c1-4-18-16(19-11-15-20-12(2)24-21-15)22(3)9-10-23-14-8-6-5-7-13(14)17;/h5-8H,4,9-11H2,1-3H3,(H,18,19);1H. The monoisotopic (exact) mass is 463 g/mol. The van der Waals surface area contributed by atoms with Gasteiger partial charge in [0.2, 0.25) is 5.89 Å². The van der Waals surface area contributed by atoms with Crippen LogP contribution in [-0.4, -0.2) is 47.7 Å². The molecule has 2 rings (SSSR count). The van der Waals surface area contributed by atoms with Gasteiger partial charge in [0.1, 0.15) is 13.2 Å². The van der Waals surface area contributed by atoms with Gasteiger partial charge in [0, 0.05) is 20.5 Å². The van der Waals surface area contributed by atoms with E-state index in [2.05, 4.69) is 20.4 Å². The van der Waals surface area contributed by atoms with E-state index >= 15 is 0 Å². The Balaban J connectivity index is 0.00000312. The van der Waals surface area contributed by atoms with Crippen LogP contribution in [0.2, 0.25) is 0 Å². The molecule has 25 heavy (non-hydrogen) atoms. The molecule has 0 saturated carbocycles. The summed E-state index contributed by atoms with van der Waals surface area (Å²) >= 11 is 0. The van der Waals surface area contributed by atoms with Crippen LogP contribution in [0.25, 0.3) is 0 Å². The quantitative estimate of drug-likeness (QED) is 0.387. The number of ether oxygens (including phenoxy) is 1. The molecule has 1 heterocycles. The Hall–Kier alpha value is -1.91. The van der Waals surface area contributed by atoms with Gasteiger partial charge in [-0.15, -0.1) is 24.0 Å². The van der Waals surface area contributed by atoms with Crippen molar-refractivity contribution in [1.29, 1.82) is 0 Å². The van der Waals surface area contributed by atoms with Gasteiger partial charge in [-0.05, 0) is 19.1 Å². The largest absolute Gasteiger partial charge is 0.489 e. The molecule has 0 radical (unpaired) electrons. The van der Waals surface area contributed by atoms with Gasteiger partial charge in [-0.1, -0.05) is 17.3 Å². The SMILES string of the molecule is CCNC(=NCc1noc(C)n1)N(C)CCOc1ccccc1F.I. The first kappa shape index (κ1) is 21.1. The van der Waals surface area contributed by atoms with Crippen LogP contribution in [0.4, 0.5) is 4.39 Å². The summed E-state index contributed by atoms with van der Waals surface area (Å²) in [4.78, 5) is 10.5. The van der Waals surface area contributed by atoms with Crippen molar-refractivity contribution < 1.29 is 13.7 Å². The molecule has 2 aromatic rings. The smallest absolute Gasteiger partial charge is 0.223 e. The van der Waals surface area contributed by atoms with Crippen LogP contribution < -0.4 is 10.1 Å². The molecule has 0 aliphatic rings. The maximum absolute atomic E-state index is 13.5. The van der Waals surface area contributed by atoms with E-state index in [1.54, 1.807) is 25.1 Å². The average molecular weight is 463 g/mol. The molecule has 9 heteroatoms. The summed E-state index contributed by atoms with van der Waals surface area (Å²) in [6.45, 7) is 5.64. The number of hydrogen-bond acceptors (Lipinski definition) is 5. The van der Waals surface area contributed by atoms with Crippen molar-refractivity contribution in [2.45, 2.75) is 20.4 Å². The first-order valence-electron chi connectivity index (χ1n) is 7.76. The molecule has 0 fully saturated rings. The summed E-state index contributed by atoms with van der Waals surface area (Å²) in [5.74, 6) is 1.61. The Morgan fingerprint density at radius 1 is 1.40 bits per heavy atom. The van der Waals surface area contributed by atoms with Crippen molar-refractivity contribution in [3.05, 3.63) is 41.8 Å². The minimum atomic E-state index is -0.367. The fourth-order valence-electron chi connectivity index (χ4n) is 1.98. The first-order valence-corrected chi connectivity index (χ1v) is 7.76. The molecule has 0 saturated heterocycles. The number of halogens is 2. The van der Waals surface area contributed by atoms with Crippen molar-refractivity contribution in [3.8, 4) is 5.75 Å². The molecule has 7 nitrogen and oxygen atoms in total. The van der Waals surface area contributed by atoms with Crippen LogP contribution in [0.3, 0.4) is 0 Å². The summed E-state index contributed by atoms with van der Waals surface area (Å²) in [6.07, 6.45) is 0. The second-order valence-electron chi connectivity index (χ2n) is 5.10. The number of guanidine groups is 1. The molecule has 1 N–H and O–H groups in total. The van der Waals surface area contributed by atoms with Crippen molar-refractivity contribution in [2.24, 2.45) is 4.99 Å². The van der Waals surface area contributed by atoms with Crippen molar-refractivity contribution in [1.82, 2.24) is 20.4 Å². The second-order valence-corrected chi connectivity index (χ2v) is 5.10. The Kier molecular flexibility index (Phi) is 9.17. The lowest BCUT2D eigenvalue weighted by molar-refractivity contribution is 0.270. The van der Waals surface area contributed by atoms with Gasteiger partial charge < -0.3 is 19.5 Å². The number of nitrogens with zero attached hydrogens (tertiary/aromatic N) is 4. The third kappa shape index (κ3) is 6.85. The predicted octanol–water partition coefficient (Wildman–Crippen LogP) is 2.61. The van der Waals surface area contributed by atoms with Crippen molar-refractivity contribution in [2.75, 3.05) is 26.7 Å². The lowest BCUT2D eigenvalue weighted by Crippen LogP contribution is -2.40. The summed E-state index contributed by atoms with van der Waals surface area (Å²) < 4.78 is 23.9. The van der Waals surface area contributed by atoms with E-state index in [-0.39, 0.29) is 35.5 Å². The van der Waals surface area contributed by atoms with Crippen LogP contribution in [0.15, 0.2) is 33.8 Å². The number of hydrogen-bond donors (Lipinski definition) is 1. The lowest BCUT2D eigenvalue weighted by Gasteiger charge is -2.22. The van der Waals surface area contributed by atoms with Gasteiger partial charge in [-0.3, -0.25) is 0 Å². The topological polar surface area (TPSA) is 75.8 Å². The predicted molar refractivity (Wildman–Crippen MR) is 104 cm³/mol. The van der Waals surface area contributed by atoms with Gasteiger partial charge in [0.15, 0.2) is 23.4 Å². The number of aliphatic imine (C=N–C) groups is 1. The number of aromatic nitrogens is 2. The summed E-state index contributed by atoms with van der Waals surface area (Å²) in [5.41, 5.74) is 0. The number of benzene rings is 1. The molecule has 0 amide bonds. The molecule has 0 atom stereocenters. The average Bonchev–Trinajstić information content (AvgIpc) is 2.98. The van der Waals surface area contributed by atoms with Crippen LogP contribution in [-0.2, 0) is 6.54 Å². The fourth-order valence-corrected chi connectivity index (χ4v) is 1.98. The highest BCUT2D eigenvalue weighted by Crippen LogP contribution is 2.14. The molecule has 0 unspecified atom stereocenters. The van der Waals surface area contributed by atoms with E-state index in [1.807, 2.05) is 18.9 Å². The van der Waals surface area contributed by atoms with Crippen LogP contribution >= 0.6 is 24.0 Å². The van der Waals surface area contributed by atoms with E-state index < -0.39 is 0 Å². The van der Waals surface area contributed by atoms with Gasteiger partial charge in [0.05, 0.1) is 6.54 Å². The maximum Gasteiger partial charge on any atom is 0.223 e.